The largest absolute Gasteiger partial charge is 0.252 e. The molecule has 0 saturated carbocycles. The van der Waals surface area contributed by atoms with E-state index in [9.17, 15) is 0 Å². The fourth-order valence-electron chi connectivity index (χ4n) is 4.16. The first kappa shape index (κ1) is 30.3. The first-order valence-corrected chi connectivity index (χ1v) is 13.5. The Bertz CT molecular complexity index is 883. The summed E-state index contributed by atoms with van der Waals surface area (Å²) in [5, 5.41) is 0. The van der Waals surface area contributed by atoms with E-state index in [0.29, 0.717) is 0 Å². The van der Waals surface area contributed by atoms with E-state index < -0.39 is 0 Å². The second-order valence-corrected chi connectivity index (χ2v) is 9.11. The topological polar surface area (TPSA) is 24.7 Å². The van der Waals surface area contributed by atoms with E-state index >= 15 is 0 Å². The molecule has 0 unspecified atom stereocenters. The maximum Gasteiger partial charge on any atom is 0.0639 e. The predicted molar refractivity (Wildman–Crippen MR) is 148 cm³/mol. The van der Waals surface area contributed by atoms with Crippen molar-refractivity contribution >= 4 is 22.8 Å². The fraction of sp³-hybridized carbons (Fsp3) is 0.548. The van der Waals surface area contributed by atoms with Crippen LogP contribution >= 0.6 is 0 Å². The zero-order valence-electron chi connectivity index (χ0n) is 22.5. The molecule has 2 aromatic rings. The van der Waals surface area contributed by atoms with E-state index in [1.165, 1.54) is 59.4 Å². The van der Waals surface area contributed by atoms with E-state index in [1.54, 1.807) is 0 Å². The van der Waals surface area contributed by atoms with Crippen LogP contribution in [0, 0.1) is 0 Å². The smallest absolute Gasteiger partial charge is 0.0639 e. The molecule has 0 aliphatic rings. The maximum atomic E-state index is 5.27. The van der Waals surface area contributed by atoms with Crippen LogP contribution in [-0.4, -0.2) is 11.4 Å². The Morgan fingerprint density at radius 1 is 0.500 bits per heavy atom. The molecule has 0 aromatic heterocycles. The SMILES string of the molecule is CCCCCC(=N\c1cc(CC)cc(CC)c1)/C(CCCC)=N/c1cc(CC)cc(CC)c1.[Ni]. The van der Waals surface area contributed by atoms with Gasteiger partial charge in [0.1, 0.15) is 0 Å². The maximum absolute atomic E-state index is 5.27. The van der Waals surface area contributed by atoms with E-state index in [4.69, 9.17) is 9.98 Å². The molecule has 0 radical (unpaired) electrons. The molecular formula is C31H46N2Ni. The summed E-state index contributed by atoms with van der Waals surface area (Å²) < 4.78 is 0. The molecule has 0 atom stereocenters. The van der Waals surface area contributed by atoms with Crippen molar-refractivity contribution in [3.63, 3.8) is 0 Å². The van der Waals surface area contributed by atoms with Gasteiger partial charge in [-0.25, -0.2) is 0 Å². The fourth-order valence-corrected chi connectivity index (χ4v) is 4.16. The Morgan fingerprint density at radius 3 is 1.18 bits per heavy atom. The standard InChI is InChI=1S/C31H46N2.Ni/c1-7-13-15-17-31(33-29-22-26(11-5)19-27(12-6)23-29)30(16-14-8-2)32-28-20-24(9-3)18-25(10-4)21-28;/h18-23H,7-17H2,1-6H3;/b32-30+,33-31+;. The van der Waals surface area contributed by atoms with Crippen molar-refractivity contribution in [3.8, 4) is 0 Å². The van der Waals surface area contributed by atoms with Crippen LogP contribution < -0.4 is 0 Å². The molecule has 0 amide bonds. The third kappa shape index (κ3) is 9.87. The van der Waals surface area contributed by atoms with Gasteiger partial charge in [0, 0.05) is 16.5 Å². The molecule has 0 spiro atoms. The monoisotopic (exact) mass is 504 g/mol. The number of aryl methyl sites for hydroxylation is 4. The van der Waals surface area contributed by atoms with Crippen molar-refractivity contribution in [2.75, 3.05) is 0 Å². The van der Waals surface area contributed by atoms with Crippen molar-refractivity contribution in [1.82, 2.24) is 0 Å². The molecule has 0 aliphatic heterocycles. The average molecular weight is 505 g/mol. The van der Waals surface area contributed by atoms with E-state index in [0.717, 1.165) is 56.3 Å². The number of benzene rings is 2. The first-order valence-electron chi connectivity index (χ1n) is 13.5. The first-order chi connectivity index (χ1) is 16.1. The van der Waals surface area contributed by atoms with Crippen molar-refractivity contribution in [1.29, 1.82) is 0 Å². The molecule has 0 heterocycles. The third-order valence-electron chi connectivity index (χ3n) is 6.35. The summed E-state index contributed by atoms with van der Waals surface area (Å²) in [7, 11) is 0. The van der Waals surface area contributed by atoms with Crippen molar-refractivity contribution < 1.29 is 16.5 Å². The van der Waals surface area contributed by atoms with Gasteiger partial charge in [0.2, 0.25) is 0 Å². The van der Waals surface area contributed by atoms with Crippen LogP contribution in [-0.2, 0) is 42.2 Å². The van der Waals surface area contributed by atoms with Crippen LogP contribution in [0.5, 0.6) is 0 Å². The number of rotatable bonds is 14. The molecule has 34 heavy (non-hydrogen) atoms. The second kappa shape index (κ2) is 16.8. The Morgan fingerprint density at radius 2 is 0.853 bits per heavy atom. The minimum absolute atomic E-state index is 0. The minimum atomic E-state index is 0. The molecule has 0 saturated heterocycles. The van der Waals surface area contributed by atoms with Crippen LogP contribution in [0.15, 0.2) is 46.4 Å². The van der Waals surface area contributed by atoms with Gasteiger partial charge in [0.25, 0.3) is 0 Å². The van der Waals surface area contributed by atoms with E-state index in [2.05, 4.69) is 77.9 Å². The number of unbranched alkanes of at least 4 members (excludes halogenated alkanes) is 3. The third-order valence-corrected chi connectivity index (χ3v) is 6.35. The van der Waals surface area contributed by atoms with Gasteiger partial charge in [-0.2, -0.15) is 0 Å². The van der Waals surface area contributed by atoms with Gasteiger partial charge < -0.3 is 0 Å². The Kier molecular flexibility index (Phi) is 15.0. The van der Waals surface area contributed by atoms with Gasteiger partial charge in [-0.1, -0.05) is 72.9 Å². The molecule has 0 N–H and O–H groups in total. The van der Waals surface area contributed by atoms with Gasteiger partial charge in [0.05, 0.1) is 22.8 Å². The van der Waals surface area contributed by atoms with E-state index in [1.807, 2.05) is 0 Å². The van der Waals surface area contributed by atoms with E-state index in [-0.39, 0.29) is 16.5 Å². The van der Waals surface area contributed by atoms with Gasteiger partial charge in [-0.05, 0) is 97.9 Å². The molecule has 2 aromatic carbocycles. The number of hydrogen-bond acceptors (Lipinski definition) is 2. The second-order valence-electron chi connectivity index (χ2n) is 9.11. The summed E-state index contributed by atoms with van der Waals surface area (Å²) in [6.45, 7) is 13.4. The molecule has 2 rings (SSSR count). The average Bonchev–Trinajstić information content (AvgIpc) is 2.85. The summed E-state index contributed by atoms with van der Waals surface area (Å²) >= 11 is 0. The summed E-state index contributed by atoms with van der Waals surface area (Å²) in [6, 6.07) is 13.7. The van der Waals surface area contributed by atoms with Gasteiger partial charge in [-0.15, -0.1) is 0 Å². The summed E-state index contributed by atoms with van der Waals surface area (Å²) in [6.07, 6.45) is 12.1. The molecule has 0 aliphatic carbocycles. The van der Waals surface area contributed by atoms with Gasteiger partial charge in [0.15, 0.2) is 0 Å². The van der Waals surface area contributed by atoms with Crippen molar-refractivity contribution in [2.45, 2.75) is 112 Å². The van der Waals surface area contributed by atoms with Crippen LogP contribution in [0.2, 0.25) is 0 Å². The predicted octanol–water partition coefficient (Wildman–Crippen LogP) is 9.55. The summed E-state index contributed by atoms with van der Waals surface area (Å²) in [5.74, 6) is 0. The van der Waals surface area contributed by atoms with Crippen molar-refractivity contribution in [3.05, 3.63) is 58.7 Å². The Balaban J connectivity index is 0.00000578. The quantitative estimate of drug-likeness (QED) is 0.139. The normalized spacial score (nSPS) is 12.1. The molecule has 3 heteroatoms. The Hall–Kier alpha value is -1.73. The summed E-state index contributed by atoms with van der Waals surface area (Å²) in [4.78, 5) is 10.5. The number of hydrogen-bond donors (Lipinski definition) is 0. The molecule has 190 valence electrons. The molecular weight excluding hydrogens is 459 g/mol. The van der Waals surface area contributed by atoms with Crippen LogP contribution in [0.4, 0.5) is 11.4 Å². The van der Waals surface area contributed by atoms with Crippen LogP contribution in [0.3, 0.4) is 0 Å². The number of aliphatic imine (C=N–C) groups is 2. The zero-order chi connectivity index (χ0) is 24.1. The number of nitrogens with zero attached hydrogens (tertiary/aromatic N) is 2. The molecule has 0 bridgehead atoms. The molecule has 0 fully saturated rings. The summed E-state index contributed by atoms with van der Waals surface area (Å²) in [5.41, 5.74) is 10.0. The van der Waals surface area contributed by atoms with Gasteiger partial charge >= 0.3 is 0 Å². The van der Waals surface area contributed by atoms with Crippen molar-refractivity contribution in [2.24, 2.45) is 9.98 Å². The van der Waals surface area contributed by atoms with Crippen LogP contribution in [0.1, 0.15) is 109 Å². The van der Waals surface area contributed by atoms with Gasteiger partial charge in [-0.3, -0.25) is 9.98 Å². The minimum Gasteiger partial charge on any atom is -0.252 e. The zero-order valence-corrected chi connectivity index (χ0v) is 23.4. The molecule has 2 nitrogen and oxygen atoms in total. The Labute approximate surface area is 219 Å². The van der Waals surface area contributed by atoms with Crippen LogP contribution in [0.25, 0.3) is 0 Å².